The van der Waals surface area contributed by atoms with Gasteiger partial charge in [0, 0.05) is 7.05 Å². The van der Waals surface area contributed by atoms with Gasteiger partial charge in [-0.3, -0.25) is 0 Å². The Morgan fingerprint density at radius 3 is 2.35 bits per heavy atom. The van der Waals surface area contributed by atoms with Crippen LogP contribution in [-0.2, 0) is 4.79 Å². The summed E-state index contributed by atoms with van der Waals surface area (Å²) in [4.78, 5) is 12.7. The van der Waals surface area contributed by atoms with Gasteiger partial charge in [0.05, 0.1) is 12.8 Å². The first-order chi connectivity index (χ1) is 7.88. The van der Waals surface area contributed by atoms with Gasteiger partial charge in [0.25, 0.3) is 0 Å². The van der Waals surface area contributed by atoms with E-state index < -0.39 is 12.0 Å². The molecule has 0 amide bonds. The van der Waals surface area contributed by atoms with Gasteiger partial charge in [-0.1, -0.05) is 0 Å². The van der Waals surface area contributed by atoms with Gasteiger partial charge in [-0.2, -0.15) is 0 Å². The number of methoxy groups -OCH3 is 1. The van der Waals surface area contributed by atoms with Crippen LogP contribution in [0.5, 0.6) is 5.75 Å². The van der Waals surface area contributed by atoms with E-state index in [0.29, 0.717) is 5.75 Å². The number of nitrogens with zero attached hydrogens (tertiary/aromatic N) is 1. The van der Waals surface area contributed by atoms with E-state index in [0.717, 1.165) is 16.8 Å². The van der Waals surface area contributed by atoms with Crippen molar-refractivity contribution in [3.8, 4) is 5.75 Å². The number of ether oxygens (including phenoxy) is 1. The SMILES string of the molecule is COc1cc(C)c(C)cc1N(C)C(C)C(=O)O. The van der Waals surface area contributed by atoms with Crippen molar-refractivity contribution in [1.82, 2.24) is 0 Å². The maximum Gasteiger partial charge on any atom is 0.326 e. The number of carbonyl (C=O) groups is 1. The minimum atomic E-state index is -0.854. The minimum Gasteiger partial charge on any atom is -0.495 e. The zero-order chi connectivity index (χ0) is 13.2. The molecule has 0 aliphatic carbocycles. The van der Waals surface area contributed by atoms with Crippen LogP contribution in [0.4, 0.5) is 5.69 Å². The molecule has 1 unspecified atom stereocenters. The second-order valence-corrected chi connectivity index (χ2v) is 4.23. The van der Waals surface area contributed by atoms with Crippen molar-refractivity contribution >= 4 is 11.7 Å². The lowest BCUT2D eigenvalue weighted by atomic mass is 10.1. The van der Waals surface area contributed by atoms with Gasteiger partial charge in [-0.05, 0) is 44.0 Å². The van der Waals surface area contributed by atoms with Crippen LogP contribution in [0.1, 0.15) is 18.1 Å². The standard InChI is InChI=1S/C13H19NO3/c1-8-6-11(12(17-5)7-9(8)2)14(4)10(3)13(15)16/h6-7,10H,1-5H3,(H,15,16). The van der Waals surface area contributed by atoms with E-state index in [9.17, 15) is 4.79 Å². The summed E-state index contributed by atoms with van der Waals surface area (Å²) in [6.07, 6.45) is 0. The molecule has 0 bridgehead atoms. The van der Waals surface area contributed by atoms with Gasteiger partial charge in [-0.25, -0.2) is 4.79 Å². The van der Waals surface area contributed by atoms with Crippen molar-refractivity contribution in [2.45, 2.75) is 26.8 Å². The molecule has 1 atom stereocenters. The molecule has 0 aliphatic heterocycles. The summed E-state index contributed by atoms with van der Waals surface area (Å²) in [6, 6.07) is 3.29. The molecule has 1 rings (SSSR count). The molecule has 0 fully saturated rings. The van der Waals surface area contributed by atoms with Gasteiger partial charge in [0.2, 0.25) is 0 Å². The average Bonchev–Trinajstić information content (AvgIpc) is 2.29. The zero-order valence-electron chi connectivity index (χ0n) is 10.9. The number of carboxylic acids is 1. The predicted octanol–water partition coefficient (Wildman–Crippen LogP) is 2.22. The fourth-order valence-electron chi connectivity index (χ4n) is 1.59. The topological polar surface area (TPSA) is 49.8 Å². The lowest BCUT2D eigenvalue weighted by Crippen LogP contribution is -2.36. The van der Waals surface area contributed by atoms with Gasteiger partial charge >= 0.3 is 5.97 Å². The van der Waals surface area contributed by atoms with E-state index >= 15 is 0 Å². The Hall–Kier alpha value is -1.71. The van der Waals surface area contributed by atoms with Crippen LogP contribution in [-0.4, -0.2) is 31.3 Å². The van der Waals surface area contributed by atoms with Gasteiger partial charge in [-0.15, -0.1) is 0 Å². The lowest BCUT2D eigenvalue weighted by Gasteiger charge is -2.26. The Balaban J connectivity index is 3.20. The fourth-order valence-corrected chi connectivity index (χ4v) is 1.59. The zero-order valence-corrected chi connectivity index (χ0v) is 10.9. The largest absolute Gasteiger partial charge is 0.495 e. The molecule has 0 saturated carbocycles. The van der Waals surface area contributed by atoms with Gasteiger partial charge in [0.15, 0.2) is 0 Å². The number of benzene rings is 1. The molecule has 17 heavy (non-hydrogen) atoms. The van der Waals surface area contributed by atoms with Crippen molar-refractivity contribution in [2.75, 3.05) is 19.1 Å². The number of carboxylic acid groups (broad SMARTS) is 1. The van der Waals surface area contributed by atoms with Crippen molar-refractivity contribution in [1.29, 1.82) is 0 Å². The first kappa shape index (κ1) is 13.4. The highest BCUT2D eigenvalue weighted by Crippen LogP contribution is 2.31. The molecule has 0 spiro atoms. The summed E-state index contributed by atoms with van der Waals surface area (Å²) in [6.45, 7) is 5.65. The number of likely N-dealkylation sites (N-methyl/N-ethyl adjacent to an activating group) is 1. The normalized spacial score (nSPS) is 12.1. The third-order valence-electron chi connectivity index (χ3n) is 3.11. The Kier molecular flexibility index (Phi) is 3.99. The van der Waals surface area contributed by atoms with Crippen molar-refractivity contribution in [2.24, 2.45) is 0 Å². The lowest BCUT2D eigenvalue weighted by molar-refractivity contribution is -0.138. The number of aliphatic carboxylic acids is 1. The van der Waals surface area contributed by atoms with E-state index in [-0.39, 0.29) is 0 Å². The van der Waals surface area contributed by atoms with E-state index in [1.807, 2.05) is 26.0 Å². The summed E-state index contributed by atoms with van der Waals surface area (Å²) in [5.41, 5.74) is 3.04. The molecule has 1 aromatic carbocycles. The predicted molar refractivity (Wildman–Crippen MR) is 68.0 cm³/mol. The molecule has 1 N–H and O–H groups in total. The number of hydrogen-bond donors (Lipinski definition) is 1. The highest BCUT2D eigenvalue weighted by molar-refractivity contribution is 5.79. The molecule has 1 aromatic rings. The Morgan fingerprint density at radius 2 is 1.88 bits per heavy atom. The summed E-state index contributed by atoms with van der Waals surface area (Å²) in [7, 11) is 3.35. The fraction of sp³-hybridized carbons (Fsp3) is 0.462. The highest BCUT2D eigenvalue weighted by atomic mass is 16.5. The maximum absolute atomic E-state index is 11.0. The first-order valence-electron chi connectivity index (χ1n) is 5.49. The van der Waals surface area contributed by atoms with Crippen molar-refractivity contribution < 1.29 is 14.6 Å². The number of aryl methyl sites for hydroxylation is 2. The van der Waals surface area contributed by atoms with E-state index in [1.54, 1.807) is 26.0 Å². The molecular formula is C13H19NO3. The molecule has 4 heteroatoms. The summed E-state index contributed by atoms with van der Waals surface area (Å²) >= 11 is 0. The first-order valence-corrected chi connectivity index (χ1v) is 5.49. The summed E-state index contributed by atoms with van der Waals surface area (Å²) in [5, 5.41) is 9.02. The third-order valence-corrected chi connectivity index (χ3v) is 3.11. The van der Waals surface area contributed by atoms with Crippen molar-refractivity contribution in [3.05, 3.63) is 23.3 Å². The molecule has 0 heterocycles. The molecule has 0 aliphatic rings. The number of rotatable bonds is 4. The second kappa shape index (κ2) is 5.08. The second-order valence-electron chi connectivity index (χ2n) is 4.23. The Morgan fingerprint density at radius 1 is 1.35 bits per heavy atom. The molecule has 0 aromatic heterocycles. The number of anilines is 1. The van der Waals surface area contributed by atoms with Crippen LogP contribution in [0.3, 0.4) is 0 Å². The van der Waals surface area contributed by atoms with Crippen LogP contribution in [0.25, 0.3) is 0 Å². The minimum absolute atomic E-state index is 0.592. The molecule has 94 valence electrons. The van der Waals surface area contributed by atoms with Crippen LogP contribution in [0.2, 0.25) is 0 Å². The van der Waals surface area contributed by atoms with Crippen molar-refractivity contribution in [3.63, 3.8) is 0 Å². The quantitative estimate of drug-likeness (QED) is 0.872. The van der Waals surface area contributed by atoms with Gasteiger partial charge in [0.1, 0.15) is 11.8 Å². The number of hydrogen-bond acceptors (Lipinski definition) is 3. The van der Waals surface area contributed by atoms with Gasteiger partial charge < -0.3 is 14.7 Å². The van der Waals surface area contributed by atoms with Crippen LogP contribution in [0, 0.1) is 13.8 Å². The molecular weight excluding hydrogens is 218 g/mol. The summed E-state index contributed by atoms with van der Waals surface area (Å²) < 4.78 is 5.30. The summed E-state index contributed by atoms with van der Waals surface area (Å²) in [5.74, 6) is -0.156. The Labute approximate surface area is 102 Å². The Bertz CT molecular complexity index is 429. The van der Waals surface area contributed by atoms with E-state index in [4.69, 9.17) is 9.84 Å². The average molecular weight is 237 g/mol. The van der Waals surface area contributed by atoms with Crippen LogP contribution in [0.15, 0.2) is 12.1 Å². The molecule has 4 nitrogen and oxygen atoms in total. The molecule has 0 radical (unpaired) electrons. The smallest absolute Gasteiger partial charge is 0.326 e. The highest BCUT2D eigenvalue weighted by Gasteiger charge is 2.20. The maximum atomic E-state index is 11.0. The molecule has 0 saturated heterocycles. The van der Waals surface area contributed by atoms with Crippen LogP contribution < -0.4 is 9.64 Å². The van der Waals surface area contributed by atoms with E-state index in [1.165, 1.54) is 0 Å². The van der Waals surface area contributed by atoms with Crippen LogP contribution >= 0.6 is 0 Å². The monoisotopic (exact) mass is 237 g/mol. The van der Waals surface area contributed by atoms with E-state index in [2.05, 4.69) is 0 Å². The third kappa shape index (κ3) is 2.70.